The maximum absolute atomic E-state index is 11.2. The number of nitrogens with two attached hydrogens (primary N) is 1. The zero-order valence-electron chi connectivity index (χ0n) is 12.4. The van der Waals surface area contributed by atoms with E-state index in [-0.39, 0.29) is 0 Å². The molecule has 8 heteroatoms. The van der Waals surface area contributed by atoms with Gasteiger partial charge in [0.25, 0.3) is 0 Å². The fourth-order valence-corrected chi connectivity index (χ4v) is 4.73. The van der Waals surface area contributed by atoms with Crippen LogP contribution in [0, 0.1) is 0 Å². The fraction of sp³-hybridized carbons (Fsp3) is 0.125. The number of thioether (sulfide) groups is 1. The third-order valence-electron chi connectivity index (χ3n) is 3.79. The van der Waals surface area contributed by atoms with Crippen LogP contribution >= 0.6 is 23.1 Å². The first-order chi connectivity index (χ1) is 11.7. The van der Waals surface area contributed by atoms with Crippen LogP contribution in [0.25, 0.3) is 0 Å². The van der Waals surface area contributed by atoms with Crippen molar-refractivity contribution < 1.29 is 4.79 Å². The summed E-state index contributed by atoms with van der Waals surface area (Å²) in [7, 11) is 0. The number of carbonyl (C=O) groups is 1. The van der Waals surface area contributed by atoms with Gasteiger partial charge in [-0.3, -0.25) is 9.98 Å². The summed E-state index contributed by atoms with van der Waals surface area (Å²) in [6.45, 7) is 0. The predicted molar refractivity (Wildman–Crippen MR) is 95.9 cm³/mol. The van der Waals surface area contributed by atoms with Crippen molar-refractivity contribution in [3.63, 3.8) is 0 Å². The topological polar surface area (TPSA) is 93.3 Å². The lowest BCUT2D eigenvalue weighted by Gasteiger charge is -2.30. The van der Waals surface area contributed by atoms with Gasteiger partial charge in [0, 0.05) is 22.7 Å². The molecule has 0 spiro atoms. The first-order valence-electron chi connectivity index (χ1n) is 7.22. The molecule has 120 valence electrons. The first kappa shape index (κ1) is 15.1. The molecule has 1 aliphatic carbocycles. The molecule has 0 bridgehead atoms. The van der Waals surface area contributed by atoms with E-state index in [1.54, 1.807) is 23.7 Å². The smallest absolute Gasteiger partial charge is 0.314 e. The van der Waals surface area contributed by atoms with Crippen molar-refractivity contribution in [2.45, 2.75) is 10.9 Å². The average Bonchev–Trinajstić information content (AvgIpc) is 3.24. The highest BCUT2D eigenvalue weighted by atomic mass is 32.2. The SMILES string of the molecule is NC(=O)NC1N=C2C(=CC=CC2(c2ccccn2)c2nccs2)S1. The first-order valence-corrected chi connectivity index (χ1v) is 8.98. The third-order valence-corrected chi connectivity index (χ3v) is 5.73. The fourth-order valence-electron chi connectivity index (χ4n) is 2.84. The Kier molecular flexibility index (Phi) is 3.70. The van der Waals surface area contributed by atoms with Crippen LogP contribution in [0.2, 0.25) is 0 Å². The van der Waals surface area contributed by atoms with Crippen LogP contribution < -0.4 is 11.1 Å². The normalized spacial score (nSPS) is 24.9. The molecule has 0 aromatic carbocycles. The molecule has 3 heterocycles. The van der Waals surface area contributed by atoms with Gasteiger partial charge in [0.1, 0.15) is 10.4 Å². The second-order valence-electron chi connectivity index (χ2n) is 5.21. The average molecular weight is 355 g/mol. The van der Waals surface area contributed by atoms with E-state index in [0.29, 0.717) is 0 Å². The van der Waals surface area contributed by atoms with Crippen LogP contribution in [0.15, 0.2) is 64.1 Å². The number of urea groups is 1. The molecule has 2 aliphatic rings. The number of hydrogen-bond donors (Lipinski definition) is 2. The van der Waals surface area contributed by atoms with Crippen molar-refractivity contribution in [2.24, 2.45) is 10.7 Å². The summed E-state index contributed by atoms with van der Waals surface area (Å²) >= 11 is 3.02. The molecule has 1 aliphatic heterocycles. The Morgan fingerprint density at radius 1 is 1.29 bits per heavy atom. The molecule has 2 aromatic heterocycles. The van der Waals surface area contributed by atoms with E-state index in [9.17, 15) is 4.79 Å². The number of aromatic nitrogens is 2. The summed E-state index contributed by atoms with van der Waals surface area (Å²) in [5.74, 6) is 0. The van der Waals surface area contributed by atoms with Gasteiger partial charge in [0.15, 0.2) is 5.50 Å². The van der Waals surface area contributed by atoms with Crippen LogP contribution in [0.1, 0.15) is 10.7 Å². The summed E-state index contributed by atoms with van der Waals surface area (Å²) < 4.78 is 0. The van der Waals surface area contributed by atoms with Crippen LogP contribution in [-0.4, -0.2) is 27.2 Å². The number of carbonyl (C=O) groups excluding carboxylic acids is 1. The predicted octanol–water partition coefficient (Wildman–Crippen LogP) is 2.42. The Balaban J connectivity index is 1.89. The summed E-state index contributed by atoms with van der Waals surface area (Å²) in [6, 6.07) is 5.20. The zero-order valence-corrected chi connectivity index (χ0v) is 14.1. The van der Waals surface area contributed by atoms with Crippen molar-refractivity contribution in [1.29, 1.82) is 0 Å². The van der Waals surface area contributed by atoms with Gasteiger partial charge >= 0.3 is 6.03 Å². The Morgan fingerprint density at radius 2 is 2.21 bits per heavy atom. The minimum absolute atomic E-state index is 0.438. The number of hydrogen-bond acceptors (Lipinski definition) is 6. The molecule has 0 saturated carbocycles. The summed E-state index contributed by atoms with van der Waals surface area (Å²) in [6.07, 6.45) is 9.57. The molecule has 2 aromatic rings. The van der Waals surface area contributed by atoms with Crippen LogP contribution in [-0.2, 0) is 5.41 Å². The number of thiazole rings is 1. The maximum Gasteiger partial charge on any atom is 0.314 e. The molecule has 24 heavy (non-hydrogen) atoms. The van der Waals surface area contributed by atoms with E-state index in [2.05, 4.69) is 21.4 Å². The quantitative estimate of drug-likeness (QED) is 0.884. The number of rotatable bonds is 3. The molecule has 2 atom stereocenters. The van der Waals surface area contributed by atoms with Crippen LogP contribution in [0.3, 0.4) is 0 Å². The molecular formula is C16H13N5OS2. The molecule has 0 saturated heterocycles. The number of pyridine rings is 1. The lowest BCUT2D eigenvalue weighted by Crippen LogP contribution is -2.38. The molecular weight excluding hydrogens is 342 g/mol. The van der Waals surface area contributed by atoms with E-state index in [0.717, 1.165) is 21.3 Å². The van der Waals surface area contributed by atoms with Crippen molar-refractivity contribution in [2.75, 3.05) is 0 Å². The Hall–Kier alpha value is -2.45. The van der Waals surface area contributed by atoms with Crippen LogP contribution in [0.4, 0.5) is 4.79 Å². The van der Waals surface area contributed by atoms with Gasteiger partial charge in [-0.1, -0.05) is 30.0 Å². The number of nitrogens with zero attached hydrogens (tertiary/aromatic N) is 3. The maximum atomic E-state index is 11.2. The molecule has 2 unspecified atom stereocenters. The third kappa shape index (κ3) is 2.35. The summed E-state index contributed by atoms with van der Waals surface area (Å²) in [4.78, 5) is 26.0. The number of amides is 2. The number of fused-ring (bicyclic) bond motifs is 1. The van der Waals surface area contributed by atoms with Crippen molar-refractivity contribution in [1.82, 2.24) is 15.3 Å². The number of allylic oxidation sites excluding steroid dienone is 4. The Labute approximate surface area is 146 Å². The van der Waals surface area contributed by atoms with E-state index < -0.39 is 16.9 Å². The molecule has 2 amide bonds. The van der Waals surface area contributed by atoms with E-state index in [1.165, 1.54) is 11.8 Å². The molecule has 4 rings (SSSR count). The van der Waals surface area contributed by atoms with Crippen molar-refractivity contribution >= 4 is 34.8 Å². The van der Waals surface area contributed by atoms with Gasteiger partial charge in [-0.15, -0.1) is 11.3 Å². The Morgan fingerprint density at radius 3 is 2.92 bits per heavy atom. The highest BCUT2D eigenvalue weighted by Crippen LogP contribution is 2.46. The van der Waals surface area contributed by atoms with Crippen molar-refractivity contribution in [3.05, 3.63) is 69.8 Å². The monoisotopic (exact) mass is 355 g/mol. The molecule has 0 fully saturated rings. The van der Waals surface area contributed by atoms with Crippen molar-refractivity contribution in [3.8, 4) is 0 Å². The lowest BCUT2D eigenvalue weighted by atomic mass is 9.76. The molecule has 3 N–H and O–H groups in total. The van der Waals surface area contributed by atoms with Gasteiger partial charge in [-0.25, -0.2) is 9.78 Å². The highest BCUT2D eigenvalue weighted by Gasteiger charge is 2.47. The van der Waals surface area contributed by atoms with Gasteiger partial charge in [-0.05, 0) is 18.2 Å². The second kappa shape index (κ2) is 5.88. The summed E-state index contributed by atoms with van der Waals surface area (Å²) in [5, 5.41) is 5.47. The van der Waals surface area contributed by atoms with Gasteiger partial charge in [-0.2, -0.15) is 0 Å². The van der Waals surface area contributed by atoms with E-state index in [1.807, 2.05) is 35.7 Å². The minimum atomic E-state index is -0.652. The second-order valence-corrected chi connectivity index (χ2v) is 7.22. The van der Waals surface area contributed by atoms with Gasteiger partial charge in [0.2, 0.25) is 0 Å². The largest absolute Gasteiger partial charge is 0.352 e. The highest BCUT2D eigenvalue weighted by molar-refractivity contribution is 8.05. The number of aliphatic imine (C=N–C) groups is 1. The lowest BCUT2D eigenvalue weighted by molar-refractivity contribution is 0.248. The number of primary amides is 1. The zero-order chi connectivity index (χ0) is 16.6. The minimum Gasteiger partial charge on any atom is -0.352 e. The van der Waals surface area contributed by atoms with Crippen LogP contribution in [0.5, 0.6) is 0 Å². The van der Waals surface area contributed by atoms with E-state index in [4.69, 9.17) is 10.7 Å². The van der Waals surface area contributed by atoms with Gasteiger partial charge < -0.3 is 11.1 Å². The summed E-state index contributed by atoms with van der Waals surface area (Å²) in [5.41, 5.74) is 5.84. The van der Waals surface area contributed by atoms with E-state index >= 15 is 0 Å². The number of nitrogens with one attached hydrogen (secondary N) is 1. The molecule has 6 nitrogen and oxygen atoms in total. The molecule has 0 radical (unpaired) electrons. The Bertz CT molecular complexity index is 860. The van der Waals surface area contributed by atoms with Gasteiger partial charge in [0.05, 0.1) is 11.4 Å². The standard InChI is InChI=1S/C16H13N5OS2/c17-14(22)21-15-20-12-10(24-15)4-3-6-16(12,13-19-8-9-23-13)11-5-1-2-7-18-11/h1-9,15H,(H3,17,21,22).